The highest BCUT2D eigenvalue weighted by Crippen LogP contribution is 2.08. The van der Waals surface area contributed by atoms with Gasteiger partial charge in [-0.15, -0.1) is 0 Å². The van der Waals surface area contributed by atoms with E-state index in [0.717, 1.165) is 39.3 Å². The summed E-state index contributed by atoms with van der Waals surface area (Å²) in [6.45, 7) is 12.2. The van der Waals surface area contributed by atoms with E-state index in [0.29, 0.717) is 19.8 Å². The molecule has 2 saturated heterocycles. The Balaban J connectivity index is 1.77. The number of hydrogen-bond acceptors (Lipinski definition) is 4. The zero-order valence-corrected chi connectivity index (χ0v) is 11.6. The summed E-state index contributed by atoms with van der Waals surface area (Å²) in [7, 11) is 0. The molecule has 2 heterocycles. The Hall–Kier alpha value is -0.650. The Labute approximate surface area is 110 Å². The average molecular weight is 255 g/mol. The van der Waals surface area contributed by atoms with Gasteiger partial charge in [-0.2, -0.15) is 0 Å². The van der Waals surface area contributed by atoms with Crippen LogP contribution in [0.25, 0.3) is 0 Å². The van der Waals surface area contributed by atoms with Crippen molar-refractivity contribution in [2.75, 3.05) is 59.0 Å². The fourth-order valence-corrected chi connectivity index (χ4v) is 2.64. The van der Waals surface area contributed by atoms with E-state index >= 15 is 0 Å². The smallest absolute Gasteiger partial charge is 0.237 e. The highest BCUT2D eigenvalue weighted by molar-refractivity contribution is 5.78. The van der Waals surface area contributed by atoms with Crippen molar-refractivity contribution in [2.24, 2.45) is 0 Å². The molecule has 2 fully saturated rings. The third-order valence-corrected chi connectivity index (χ3v) is 3.96. The molecule has 104 valence electrons. The van der Waals surface area contributed by atoms with Gasteiger partial charge in [0.2, 0.25) is 5.91 Å². The molecule has 0 radical (unpaired) electrons. The molecule has 0 N–H and O–H groups in total. The first-order valence-corrected chi connectivity index (χ1v) is 7.02. The highest BCUT2D eigenvalue weighted by Gasteiger charge is 2.26. The number of morpholine rings is 1. The summed E-state index contributed by atoms with van der Waals surface area (Å²) in [4.78, 5) is 18.9. The topological polar surface area (TPSA) is 36.0 Å². The van der Waals surface area contributed by atoms with Gasteiger partial charge in [-0.1, -0.05) is 6.92 Å². The van der Waals surface area contributed by atoms with E-state index in [4.69, 9.17) is 4.74 Å². The molecule has 5 nitrogen and oxygen atoms in total. The second kappa shape index (κ2) is 6.50. The third kappa shape index (κ3) is 3.43. The van der Waals surface area contributed by atoms with Crippen LogP contribution in [-0.2, 0) is 9.53 Å². The lowest BCUT2D eigenvalue weighted by Gasteiger charge is -2.37. The Morgan fingerprint density at radius 1 is 1.17 bits per heavy atom. The number of piperazine rings is 1. The summed E-state index contributed by atoms with van der Waals surface area (Å²) >= 11 is 0. The number of hydrogen-bond donors (Lipinski definition) is 0. The van der Waals surface area contributed by atoms with Crippen LogP contribution in [0.5, 0.6) is 0 Å². The van der Waals surface area contributed by atoms with Gasteiger partial charge >= 0.3 is 0 Å². The standard InChI is InChI=1S/C13H25N3O2/c1-3-14-4-6-15(7-5-14)10-13(17)16-8-9-18-11-12(16)2/h12H,3-11H2,1-2H3/t12-/m0/s1. The SMILES string of the molecule is CCN1CCN(CC(=O)N2CCOC[C@@H]2C)CC1. The Morgan fingerprint density at radius 3 is 2.44 bits per heavy atom. The summed E-state index contributed by atoms with van der Waals surface area (Å²) in [5.41, 5.74) is 0. The van der Waals surface area contributed by atoms with Crippen LogP contribution in [-0.4, -0.2) is 85.7 Å². The van der Waals surface area contributed by atoms with E-state index in [2.05, 4.69) is 23.6 Å². The fraction of sp³-hybridized carbons (Fsp3) is 0.923. The molecule has 1 atom stereocenters. The Kier molecular flexibility index (Phi) is 4.97. The van der Waals surface area contributed by atoms with Crippen LogP contribution in [0.3, 0.4) is 0 Å². The fourth-order valence-electron chi connectivity index (χ4n) is 2.64. The molecule has 1 amide bonds. The van der Waals surface area contributed by atoms with Crippen molar-refractivity contribution in [1.29, 1.82) is 0 Å². The van der Waals surface area contributed by atoms with E-state index < -0.39 is 0 Å². The molecule has 18 heavy (non-hydrogen) atoms. The molecule has 2 aliphatic heterocycles. The van der Waals surface area contributed by atoms with Crippen molar-refractivity contribution in [1.82, 2.24) is 14.7 Å². The zero-order valence-electron chi connectivity index (χ0n) is 11.6. The van der Waals surface area contributed by atoms with Crippen molar-refractivity contribution in [3.05, 3.63) is 0 Å². The van der Waals surface area contributed by atoms with Crippen molar-refractivity contribution < 1.29 is 9.53 Å². The van der Waals surface area contributed by atoms with Gasteiger partial charge in [0.05, 0.1) is 25.8 Å². The second-order valence-corrected chi connectivity index (χ2v) is 5.22. The molecular weight excluding hydrogens is 230 g/mol. The molecule has 0 spiro atoms. The van der Waals surface area contributed by atoms with Crippen LogP contribution >= 0.6 is 0 Å². The molecule has 0 bridgehead atoms. The first kappa shape index (κ1) is 13.8. The van der Waals surface area contributed by atoms with E-state index in [1.54, 1.807) is 0 Å². The lowest BCUT2D eigenvalue weighted by molar-refractivity contribution is -0.140. The van der Waals surface area contributed by atoms with Crippen molar-refractivity contribution in [2.45, 2.75) is 19.9 Å². The zero-order chi connectivity index (χ0) is 13.0. The number of amides is 1. The highest BCUT2D eigenvalue weighted by atomic mass is 16.5. The van der Waals surface area contributed by atoms with E-state index in [1.807, 2.05) is 4.90 Å². The predicted octanol–water partition coefficient (Wildman–Crippen LogP) is -0.129. The first-order valence-electron chi connectivity index (χ1n) is 7.02. The second-order valence-electron chi connectivity index (χ2n) is 5.22. The molecule has 2 rings (SSSR count). The van der Waals surface area contributed by atoms with Crippen molar-refractivity contribution >= 4 is 5.91 Å². The number of likely N-dealkylation sites (N-methyl/N-ethyl adjacent to an activating group) is 1. The van der Waals surface area contributed by atoms with E-state index in [1.165, 1.54) is 0 Å². The van der Waals surface area contributed by atoms with Crippen LogP contribution in [0.2, 0.25) is 0 Å². The van der Waals surface area contributed by atoms with Gasteiger partial charge in [0.1, 0.15) is 0 Å². The quantitative estimate of drug-likeness (QED) is 0.704. The maximum atomic E-state index is 12.2. The number of ether oxygens (including phenoxy) is 1. The first-order chi connectivity index (χ1) is 8.70. The molecule has 0 aromatic rings. The average Bonchev–Trinajstić information content (AvgIpc) is 2.40. The minimum absolute atomic E-state index is 0.225. The molecule has 0 aliphatic carbocycles. The van der Waals surface area contributed by atoms with Gasteiger partial charge in [-0.25, -0.2) is 0 Å². The molecule has 0 unspecified atom stereocenters. The van der Waals surface area contributed by atoms with Gasteiger partial charge in [-0.05, 0) is 13.5 Å². The summed E-state index contributed by atoms with van der Waals surface area (Å²) in [6, 6.07) is 0.225. The number of rotatable bonds is 3. The van der Waals surface area contributed by atoms with Gasteiger partial charge in [0, 0.05) is 32.7 Å². The monoisotopic (exact) mass is 255 g/mol. The van der Waals surface area contributed by atoms with Gasteiger partial charge in [-0.3, -0.25) is 9.69 Å². The van der Waals surface area contributed by atoms with Gasteiger partial charge in [0.25, 0.3) is 0 Å². The largest absolute Gasteiger partial charge is 0.377 e. The maximum Gasteiger partial charge on any atom is 0.237 e. The number of nitrogens with zero attached hydrogens (tertiary/aromatic N) is 3. The minimum Gasteiger partial charge on any atom is -0.377 e. The summed E-state index contributed by atoms with van der Waals surface area (Å²) in [6.07, 6.45) is 0. The molecule has 0 aromatic carbocycles. The lowest BCUT2D eigenvalue weighted by Crippen LogP contribution is -2.53. The van der Waals surface area contributed by atoms with Crippen LogP contribution < -0.4 is 0 Å². The predicted molar refractivity (Wildman–Crippen MR) is 70.5 cm³/mol. The van der Waals surface area contributed by atoms with Crippen LogP contribution in [0.1, 0.15) is 13.8 Å². The van der Waals surface area contributed by atoms with Crippen LogP contribution in [0, 0.1) is 0 Å². The number of carbonyl (C=O) groups excluding carboxylic acids is 1. The Bertz CT molecular complexity index is 277. The normalized spacial score (nSPS) is 27.4. The number of carbonyl (C=O) groups is 1. The van der Waals surface area contributed by atoms with Gasteiger partial charge < -0.3 is 14.5 Å². The van der Waals surface area contributed by atoms with Crippen LogP contribution in [0.4, 0.5) is 0 Å². The third-order valence-electron chi connectivity index (χ3n) is 3.96. The van der Waals surface area contributed by atoms with Crippen molar-refractivity contribution in [3.63, 3.8) is 0 Å². The summed E-state index contributed by atoms with van der Waals surface area (Å²) < 4.78 is 5.37. The molecule has 0 aromatic heterocycles. The minimum atomic E-state index is 0.225. The van der Waals surface area contributed by atoms with Crippen molar-refractivity contribution in [3.8, 4) is 0 Å². The van der Waals surface area contributed by atoms with Crippen LogP contribution in [0.15, 0.2) is 0 Å². The summed E-state index contributed by atoms with van der Waals surface area (Å²) in [5.74, 6) is 0.260. The molecular formula is C13H25N3O2. The summed E-state index contributed by atoms with van der Waals surface area (Å²) in [5, 5.41) is 0. The maximum absolute atomic E-state index is 12.2. The molecule has 5 heteroatoms. The Morgan fingerprint density at radius 2 is 1.83 bits per heavy atom. The van der Waals surface area contributed by atoms with E-state index in [-0.39, 0.29) is 11.9 Å². The molecule has 2 aliphatic rings. The van der Waals surface area contributed by atoms with E-state index in [9.17, 15) is 4.79 Å². The molecule has 0 saturated carbocycles. The lowest BCUT2D eigenvalue weighted by atomic mass is 10.2. The van der Waals surface area contributed by atoms with Gasteiger partial charge in [0.15, 0.2) is 0 Å².